The summed E-state index contributed by atoms with van der Waals surface area (Å²) in [5, 5.41) is 0. The highest BCUT2D eigenvalue weighted by atomic mass is 16.6. The van der Waals surface area contributed by atoms with Gasteiger partial charge in [-0.25, -0.2) is 10.2 Å². The molecule has 0 saturated heterocycles. The van der Waals surface area contributed by atoms with Crippen molar-refractivity contribution in [3.63, 3.8) is 0 Å². The van der Waals surface area contributed by atoms with Crippen LogP contribution in [0.25, 0.3) is 0 Å². The molecule has 0 aliphatic carbocycles. The third kappa shape index (κ3) is 5.68. The molecule has 1 atom stereocenters. The van der Waals surface area contributed by atoms with Crippen molar-refractivity contribution in [3.05, 3.63) is 35.9 Å². The van der Waals surface area contributed by atoms with Crippen LogP contribution in [-0.4, -0.2) is 18.2 Å². The Hall–Kier alpha value is -1.55. The summed E-state index contributed by atoms with van der Waals surface area (Å²) >= 11 is 0. The van der Waals surface area contributed by atoms with Gasteiger partial charge in [0.05, 0.1) is 0 Å². The second-order valence-corrected chi connectivity index (χ2v) is 5.32. The van der Waals surface area contributed by atoms with Crippen molar-refractivity contribution >= 4 is 6.09 Å². The zero-order chi connectivity index (χ0) is 13.6. The fourth-order valence-corrected chi connectivity index (χ4v) is 1.48. The normalized spacial score (nSPS) is 12.9. The monoisotopic (exact) mass is 250 g/mol. The number of benzene rings is 1. The first-order chi connectivity index (χ1) is 8.38. The van der Waals surface area contributed by atoms with Crippen molar-refractivity contribution in [2.75, 3.05) is 6.54 Å². The number of carbonyl (C=O) groups is 1. The minimum Gasteiger partial charge on any atom is -0.443 e. The van der Waals surface area contributed by atoms with E-state index in [1.807, 2.05) is 39.0 Å². The van der Waals surface area contributed by atoms with Crippen LogP contribution in [0, 0.1) is 0 Å². The first-order valence-electron chi connectivity index (χ1n) is 6.15. The molecule has 0 bridgehead atoms. The molecule has 1 aromatic rings. The van der Waals surface area contributed by atoms with E-state index < -0.39 is 11.7 Å². The molecule has 0 heterocycles. The van der Waals surface area contributed by atoms with Gasteiger partial charge in [0.15, 0.2) is 0 Å². The number of hydrogen-bond acceptors (Lipinski definition) is 3. The number of ether oxygens (including phenoxy) is 1. The first-order valence-corrected chi connectivity index (χ1v) is 6.15. The van der Waals surface area contributed by atoms with E-state index in [0.29, 0.717) is 12.5 Å². The van der Waals surface area contributed by atoms with Crippen molar-refractivity contribution in [1.82, 2.24) is 10.9 Å². The van der Waals surface area contributed by atoms with Crippen LogP contribution in [0.2, 0.25) is 0 Å². The molecule has 2 N–H and O–H groups in total. The van der Waals surface area contributed by atoms with Gasteiger partial charge < -0.3 is 4.74 Å². The summed E-state index contributed by atoms with van der Waals surface area (Å²) in [6.07, 6.45) is -0.456. The van der Waals surface area contributed by atoms with Gasteiger partial charge in [-0.1, -0.05) is 37.3 Å². The number of rotatable bonds is 4. The Kier molecular flexibility index (Phi) is 5.16. The van der Waals surface area contributed by atoms with Crippen LogP contribution in [0.5, 0.6) is 0 Å². The molecule has 1 unspecified atom stereocenters. The van der Waals surface area contributed by atoms with E-state index in [9.17, 15) is 4.79 Å². The van der Waals surface area contributed by atoms with Crippen molar-refractivity contribution in [2.45, 2.75) is 39.2 Å². The second-order valence-electron chi connectivity index (χ2n) is 5.32. The Balaban J connectivity index is 2.28. The summed E-state index contributed by atoms with van der Waals surface area (Å²) in [6, 6.07) is 10.1. The summed E-state index contributed by atoms with van der Waals surface area (Å²) in [5.74, 6) is 0.320. The number of hydrogen-bond donors (Lipinski definition) is 2. The molecular weight excluding hydrogens is 228 g/mol. The smallest absolute Gasteiger partial charge is 0.422 e. The molecule has 0 aromatic heterocycles. The van der Waals surface area contributed by atoms with E-state index in [-0.39, 0.29) is 0 Å². The maximum Gasteiger partial charge on any atom is 0.422 e. The molecule has 0 radical (unpaired) electrons. The average molecular weight is 250 g/mol. The van der Waals surface area contributed by atoms with Crippen LogP contribution in [0.4, 0.5) is 4.79 Å². The molecule has 4 heteroatoms. The second kappa shape index (κ2) is 6.40. The van der Waals surface area contributed by atoms with Gasteiger partial charge in [-0.3, -0.25) is 5.43 Å². The van der Waals surface area contributed by atoms with Gasteiger partial charge in [0.25, 0.3) is 0 Å². The highest BCUT2D eigenvalue weighted by molar-refractivity contribution is 5.66. The topological polar surface area (TPSA) is 50.4 Å². The highest BCUT2D eigenvalue weighted by Crippen LogP contribution is 2.12. The molecule has 0 aliphatic rings. The highest BCUT2D eigenvalue weighted by Gasteiger charge is 2.15. The molecule has 0 spiro atoms. The maximum absolute atomic E-state index is 11.4. The third-order valence-electron chi connectivity index (χ3n) is 2.37. The molecule has 0 fully saturated rings. The molecule has 0 saturated carbocycles. The van der Waals surface area contributed by atoms with Gasteiger partial charge >= 0.3 is 6.09 Å². The molecule has 100 valence electrons. The molecule has 18 heavy (non-hydrogen) atoms. The van der Waals surface area contributed by atoms with Crippen LogP contribution in [0.15, 0.2) is 30.3 Å². The number of carbonyl (C=O) groups excluding carboxylic acids is 1. The van der Waals surface area contributed by atoms with E-state index in [1.165, 1.54) is 5.56 Å². The zero-order valence-corrected chi connectivity index (χ0v) is 11.5. The minimum absolute atomic E-state index is 0.320. The number of nitrogens with one attached hydrogen (secondary N) is 2. The van der Waals surface area contributed by atoms with Gasteiger partial charge in [-0.15, -0.1) is 0 Å². The van der Waals surface area contributed by atoms with E-state index in [1.54, 1.807) is 0 Å². The van der Waals surface area contributed by atoms with Crippen molar-refractivity contribution in [3.8, 4) is 0 Å². The van der Waals surface area contributed by atoms with Gasteiger partial charge in [0, 0.05) is 6.54 Å². The van der Waals surface area contributed by atoms with Gasteiger partial charge in [-0.2, -0.15) is 0 Å². The number of amides is 1. The fourth-order valence-electron chi connectivity index (χ4n) is 1.48. The SMILES string of the molecule is CC(CNNC(=O)OC(C)(C)C)c1ccccc1. The van der Waals surface area contributed by atoms with E-state index in [0.717, 1.165) is 0 Å². The summed E-state index contributed by atoms with van der Waals surface area (Å²) in [5.41, 5.74) is 6.17. The Labute approximate surface area is 109 Å². The third-order valence-corrected chi connectivity index (χ3v) is 2.37. The van der Waals surface area contributed by atoms with E-state index in [2.05, 4.69) is 29.9 Å². The van der Waals surface area contributed by atoms with Crippen LogP contribution >= 0.6 is 0 Å². The van der Waals surface area contributed by atoms with Crippen molar-refractivity contribution < 1.29 is 9.53 Å². The Morgan fingerprint density at radius 3 is 2.44 bits per heavy atom. The molecule has 1 amide bonds. The Morgan fingerprint density at radius 2 is 1.89 bits per heavy atom. The summed E-state index contributed by atoms with van der Waals surface area (Å²) in [4.78, 5) is 11.4. The lowest BCUT2D eigenvalue weighted by Gasteiger charge is -2.20. The van der Waals surface area contributed by atoms with Crippen LogP contribution < -0.4 is 10.9 Å². The van der Waals surface area contributed by atoms with Crippen LogP contribution in [0.3, 0.4) is 0 Å². The predicted octanol–water partition coefficient (Wildman–Crippen LogP) is 2.82. The van der Waals surface area contributed by atoms with Crippen LogP contribution in [0.1, 0.15) is 39.2 Å². The van der Waals surface area contributed by atoms with Gasteiger partial charge in [0.1, 0.15) is 5.60 Å². The van der Waals surface area contributed by atoms with Gasteiger partial charge in [-0.05, 0) is 32.3 Å². The zero-order valence-electron chi connectivity index (χ0n) is 11.5. The summed E-state index contributed by atoms with van der Waals surface area (Å²) in [6.45, 7) is 8.25. The maximum atomic E-state index is 11.4. The Bertz CT molecular complexity index is 371. The summed E-state index contributed by atoms with van der Waals surface area (Å²) < 4.78 is 5.11. The first kappa shape index (κ1) is 14.5. The number of hydrazine groups is 1. The minimum atomic E-state index is -0.475. The fraction of sp³-hybridized carbons (Fsp3) is 0.500. The molecule has 4 nitrogen and oxygen atoms in total. The molecule has 0 aliphatic heterocycles. The lowest BCUT2D eigenvalue weighted by molar-refractivity contribution is 0.0497. The Morgan fingerprint density at radius 1 is 1.28 bits per heavy atom. The lowest BCUT2D eigenvalue weighted by Crippen LogP contribution is -2.42. The molecule has 1 aromatic carbocycles. The van der Waals surface area contributed by atoms with Crippen molar-refractivity contribution in [2.24, 2.45) is 0 Å². The molecule has 1 rings (SSSR count). The standard InChI is InChI=1S/C14H22N2O2/c1-11(12-8-6-5-7-9-12)10-15-16-13(17)18-14(2,3)4/h5-9,11,15H,10H2,1-4H3,(H,16,17). The average Bonchev–Trinajstić information content (AvgIpc) is 2.27. The lowest BCUT2D eigenvalue weighted by atomic mass is 10.0. The van der Waals surface area contributed by atoms with E-state index in [4.69, 9.17) is 4.74 Å². The molecular formula is C14H22N2O2. The van der Waals surface area contributed by atoms with Gasteiger partial charge in [0.2, 0.25) is 0 Å². The van der Waals surface area contributed by atoms with Crippen LogP contribution in [-0.2, 0) is 4.74 Å². The predicted molar refractivity (Wildman–Crippen MR) is 72.2 cm³/mol. The van der Waals surface area contributed by atoms with Crippen molar-refractivity contribution in [1.29, 1.82) is 0 Å². The van der Waals surface area contributed by atoms with E-state index >= 15 is 0 Å². The summed E-state index contributed by atoms with van der Waals surface area (Å²) in [7, 11) is 0. The largest absolute Gasteiger partial charge is 0.443 e. The quantitative estimate of drug-likeness (QED) is 0.808.